The number of alkyl halides is 3. The molecule has 1 aromatic heterocycles. The number of rotatable bonds is 7. The molecule has 13 heteroatoms. The van der Waals surface area contributed by atoms with Gasteiger partial charge in [-0.1, -0.05) is 30.1 Å². The number of nitrogens with zero attached hydrogens (tertiary/aromatic N) is 2. The van der Waals surface area contributed by atoms with Crippen LogP contribution in [0.5, 0.6) is 5.75 Å². The monoisotopic (exact) mass is 613 g/mol. The summed E-state index contributed by atoms with van der Waals surface area (Å²) in [6.45, 7) is 2.03. The van der Waals surface area contributed by atoms with Crippen LogP contribution in [0.1, 0.15) is 13.3 Å². The lowest BCUT2D eigenvalue weighted by Gasteiger charge is -2.31. The van der Waals surface area contributed by atoms with Crippen LogP contribution < -0.4 is 9.46 Å². The Balaban J connectivity index is 1.52. The second-order valence-electron chi connectivity index (χ2n) is 9.10. The molecule has 1 unspecified atom stereocenters. The maximum absolute atomic E-state index is 14.1. The maximum Gasteiger partial charge on any atom is 0.573 e. The zero-order valence-corrected chi connectivity index (χ0v) is 23.3. The lowest BCUT2D eigenvalue weighted by Crippen LogP contribution is -2.48. The molecule has 7 nitrogen and oxygen atoms in total. The number of benzene rings is 3. The van der Waals surface area contributed by atoms with E-state index in [1.807, 2.05) is 23.6 Å². The lowest BCUT2D eigenvalue weighted by molar-refractivity contribution is -0.274. The summed E-state index contributed by atoms with van der Waals surface area (Å²) in [7, 11) is -3.38. The molecule has 0 amide bonds. The third kappa shape index (κ3) is 5.75. The fourth-order valence-corrected chi connectivity index (χ4v) is 6.82. The van der Waals surface area contributed by atoms with Crippen LogP contribution in [0, 0.1) is 0 Å². The van der Waals surface area contributed by atoms with E-state index in [4.69, 9.17) is 27.9 Å². The van der Waals surface area contributed by atoms with Crippen molar-refractivity contribution in [2.45, 2.75) is 36.7 Å². The summed E-state index contributed by atoms with van der Waals surface area (Å²) in [5.74, 6) is -0.452. The number of aromatic nitrogens is 1. The fourth-order valence-electron chi connectivity index (χ4n) is 4.56. The molecular weight excluding hydrogens is 590 g/mol. The number of hydrogen-bond acceptors (Lipinski definition) is 5. The lowest BCUT2D eigenvalue weighted by atomic mass is 10.1. The summed E-state index contributed by atoms with van der Waals surface area (Å²) >= 11 is 12.5. The molecular formula is C27H24Cl2F3N3O4S. The van der Waals surface area contributed by atoms with E-state index in [2.05, 4.69) is 13.8 Å². The van der Waals surface area contributed by atoms with Gasteiger partial charge in [0.25, 0.3) is 0 Å². The molecule has 40 heavy (non-hydrogen) atoms. The van der Waals surface area contributed by atoms with Crippen LogP contribution in [0.15, 0.2) is 76.2 Å². The van der Waals surface area contributed by atoms with Crippen LogP contribution in [0.4, 0.5) is 13.2 Å². The highest BCUT2D eigenvalue weighted by Gasteiger charge is 2.34. The first kappa shape index (κ1) is 28.6. The average Bonchev–Trinajstić information content (AvgIpc) is 3.20. The van der Waals surface area contributed by atoms with Gasteiger partial charge < -0.3 is 19.1 Å². The summed E-state index contributed by atoms with van der Waals surface area (Å²) in [5, 5.41) is 14.2. The highest BCUT2D eigenvalue weighted by atomic mass is 35.5. The molecule has 4 aromatic rings. The van der Waals surface area contributed by atoms with Crippen LogP contribution in [0.25, 0.3) is 27.5 Å². The minimum atomic E-state index is -4.86. The molecule has 2 N–H and O–H groups in total. The van der Waals surface area contributed by atoms with Crippen molar-refractivity contribution < 1.29 is 32.0 Å². The molecule has 1 aliphatic heterocycles. The van der Waals surface area contributed by atoms with Gasteiger partial charge in [-0.25, -0.2) is 13.3 Å². The third-order valence-corrected chi connectivity index (χ3v) is 8.85. The number of halogens is 5. The van der Waals surface area contributed by atoms with Crippen molar-refractivity contribution in [3.8, 4) is 5.75 Å². The van der Waals surface area contributed by atoms with Gasteiger partial charge in [0.15, 0.2) is 0 Å². The minimum Gasteiger partial charge on any atom is -0.497 e. The standard InChI is InChI=1S/C27H24Cl2F3N3O4S/c1-2-11-33-40(37,19-7-5-18(6-8-19)39-27(30,31)32)34-22-14-38-15-25(26(22)36)35-23-9-3-16(28)12-20(23)21-13-17(29)4-10-24(21)35/h3-10,12-13,15,22,26,36H,2,11,14H2,1H3,(H,33,34,37)/t22-,26+,40?/m0/s1. The number of hydrogen-bond donors (Lipinski definition) is 2. The molecule has 0 spiro atoms. The first-order chi connectivity index (χ1) is 19.0. The van der Waals surface area contributed by atoms with Crippen LogP contribution in [-0.4, -0.2) is 45.5 Å². The molecule has 5 rings (SSSR count). The highest BCUT2D eigenvalue weighted by Crippen LogP contribution is 2.37. The van der Waals surface area contributed by atoms with Gasteiger partial charge >= 0.3 is 6.36 Å². The second-order valence-corrected chi connectivity index (χ2v) is 12.0. The van der Waals surface area contributed by atoms with Crippen molar-refractivity contribution in [1.82, 2.24) is 9.29 Å². The van der Waals surface area contributed by atoms with Gasteiger partial charge in [0.05, 0.1) is 27.7 Å². The van der Waals surface area contributed by atoms with Gasteiger partial charge in [-0.15, -0.1) is 13.2 Å². The molecule has 2 heterocycles. The Kier molecular flexibility index (Phi) is 7.95. The zero-order chi connectivity index (χ0) is 28.7. The van der Waals surface area contributed by atoms with Crippen molar-refractivity contribution in [2.75, 3.05) is 13.2 Å². The Labute approximate surface area is 238 Å². The maximum atomic E-state index is 14.1. The predicted octanol–water partition coefficient (Wildman–Crippen LogP) is 7.00. The first-order valence-corrected chi connectivity index (χ1v) is 14.5. The summed E-state index contributed by atoms with van der Waals surface area (Å²) < 4.78 is 70.6. The Hall–Kier alpha value is -2.96. The number of aliphatic hydroxyl groups is 1. The van der Waals surface area contributed by atoms with Crippen molar-refractivity contribution in [2.24, 2.45) is 4.36 Å². The molecule has 1 aliphatic rings. The molecule has 0 bridgehead atoms. The first-order valence-electron chi connectivity index (χ1n) is 12.2. The van der Waals surface area contributed by atoms with Crippen molar-refractivity contribution >= 4 is 60.6 Å². The minimum absolute atomic E-state index is 0.0344. The van der Waals surface area contributed by atoms with Crippen LogP contribution in [-0.2, 0) is 14.7 Å². The molecule has 0 saturated heterocycles. The van der Waals surface area contributed by atoms with Crippen LogP contribution in [0.2, 0.25) is 10.0 Å². The van der Waals surface area contributed by atoms with E-state index in [9.17, 15) is 22.5 Å². The van der Waals surface area contributed by atoms with Gasteiger partial charge in [-0.2, -0.15) is 0 Å². The second kappa shape index (κ2) is 11.1. The number of aliphatic hydroxyl groups excluding tert-OH is 1. The third-order valence-electron chi connectivity index (χ3n) is 6.30. The molecule has 0 radical (unpaired) electrons. The van der Waals surface area contributed by atoms with E-state index in [0.29, 0.717) is 22.2 Å². The predicted molar refractivity (Wildman–Crippen MR) is 150 cm³/mol. The van der Waals surface area contributed by atoms with Gasteiger partial charge in [0, 0.05) is 27.4 Å². The quantitative estimate of drug-likeness (QED) is 0.235. The van der Waals surface area contributed by atoms with Gasteiger partial charge in [0.1, 0.15) is 34.6 Å². The topological polar surface area (TPSA) is 85.1 Å². The van der Waals surface area contributed by atoms with Crippen molar-refractivity contribution in [1.29, 1.82) is 0 Å². The molecule has 0 fully saturated rings. The Morgan fingerprint density at radius 2 is 1.68 bits per heavy atom. The number of nitrogens with one attached hydrogen (secondary N) is 1. The molecule has 0 saturated carbocycles. The molecule has 212 valence electrons. The van der Waals surface area contributed by atoms with Gasteiger partial charge in [-0.05, 0) is 67.1 Å². The molecule has 3 atom stereocenters. The zero-order valence-electron chi connectivity index (χ0n) is 21.0. The van der Waals surface area contributed by atoms with E-state index in [0.717, 1.165) is 33.9 Å². The number of fused-ring (bicyclic) bond motifs is 3. The SMILES string of the molecule is CCCN=S(=O)(N[C@H]1COC=C(n2c3ccc(Cl)cc3c3cc(Cl)ccc32)[C@@H]1O)c1ccc(OC(F)(F)F)cc1. The van der Waals surface area contributed by atoms with Gasteiger partial charge in [0.2, 0.25) is 0 Å². The summed E-state index contributed by atoms with van der Waals surface area (Å²) in [4.78, 5) is 0.139. The van der Waals surface area contributed by atoms with E-state index < -0.39 is 34.2 Å². The van der Waals surface area contributed by atoms with E-state index >= 15 is 0 Å². The van der Waals surface area contributed by atoms with Crippen molar-refractivity contribution in [3.05, 3.63) is 77.0 Å². The van der Waals surface area contributed by atoms with Crippen LogP contribution >= 0.6 is 23.2 Å². The molecule has 0 aliphatic carbocycles. The Morgan fingerprint density at radius 1 is 1.07 bits per heavy atom. The highest BCUT2D eigenvalue weighted by molar-refractivity contribution is 7.91. The van der Waals surface area contributed by atoms with Crippen LogP contribution in [0.3, 0.4) is 0 Å². The molecule has 3 aromatic carbocycles. The largest absolute Gasteiger partial charge is 0.573 e. The summed E-state index contributed by atoms with van der Waals surface area (Å²) in [6.07, 6.45) is -4.04. The van der Waals surface area contributed by atoms with Gasteiger partial charge in [-0.3, -0.25) is 0 Å². The van der Waals surface area contributed by atoms with Crippen molar-refractivity contribution in [3.63, 3.8) is 0 Å². The smallest absolute Gasteiger partial charge is 0.497 e. The number of ether oxygens (including phenoxy) is 2. The average molecular weight is 614 g/mol. The normalized spacial score (nSPS) is 19.2. The summed E-state index contributed by atoms with van der Waals surface area (Å²) in [5.41, 5.74) is 1.86. The fraction of sp³-hybridized carbons (Fsp3) is 0.259. The Bertz CT molecular complexity index is 1660. The summed E-state index contributed by atoms with van der Waals surface area (Å²) in [6, 6.07) is 14.5. The Morgan fingerprint density at radius 3 is 2.23 bits per heavy atom. The van der Waals surface area contributed by atoms with E-state index in [1.54, 1.807) is 24.3 Å². The van der Waals surface area contributed by atoms with E-state index in [1.165, 1.54) is 18.4 Å². The van der Waals surface area contributed by atoms with E-state index in [-0.39, 0.29) is 18.0 Å².